The molecular weight excluding hydrogens is 206 g/mol. The van der Waals surface area contributed by atoms with Gasteiger partial charge in [-0.25, -0.2) is 0 Å². The van der Waals surface area contributed by atoms with E-state index in [2.05, 4.69) is 0 Å². The molecule has 0 aliphatic carbocycles. The molecule has 0 spiro atoms. The molecule has 4 nitrogen and oxygen atoms in total. The minimum absolute atomic E-state index is 0.0540. The van der Waals surface area contributed by atoms with Crippen LogP contribution in [0.15, 0.2) is 0 Å². The van der Waals surface area contributed by atoms with Crippen molar-refractivity contribution in [3.8, 4) is 0 Å². The Balaban J connectivity index is 2.50. The van der Waals surface area contributed by atoms with Crippen LogP contribution in [-0.2, 0) is 14.3 Å². The number of carbonyl (C=O) groups is 2. The Labute approximate surface area is 96.9 Å². The highest BCUT2D eigenvalue weighted by Gasteiger charge is 2.36. The molecule has 1 amide bonds. The van der Waals surface area contributed by atoms with Gasteiger partial charge in [-0.3, -0.25) is 9.59 Å². The van der Waals surface area contributed by atoms with Gasteiger partial charge in [-0.2, -0.15) is 0 Å². The highest BCUT2D eigenvalue weighted by atomic mass is 16.6. The summed E-state index contributed by atoms with van der Waals surface area (Å²) >= 11 is 0. The number of likely N-dealkylation sites (tertiary alicyclic amines) is 1. The fourth-order valence-corrected chi connectivity index (χ4v) is 1.93. The fourth-order valence-electron chi connectivity index (χ4n) is 1.93. The maximum atomic E-state index is 11.7. The van der Waals surface area contributed by atoms with Gasteiger partial charge in [0, 0.05) is 13.1 Å². The molecule has 0 radical (unpaired) electrons. The molecule has 1 heterocycles. The van der Waals surface area contributed by atoms with E-state index in [-0.39, 0.29) is 30.3 Å². The Kier molecular flexibility index (Phi) is 3.61. The zero-order chi connectivity index (χ0) is 12.5. The molecule has 0 aromatic carbocycles. The molecule has 1 aliphatic rings. The van der Waals surface area contributed by atoms with Gasteiger partial charge >= 0.3 is 5.97 Å². The first-order valence-corrected chi connectivity index (χ1v) is 5.69. The number of hydrogen-bond donors (Lipinski definition) is 0. The van der Waals surface area contributed by atoms with Crippen LogP contribution in [-0.4, -0.2) is 35.5 Å². The van der Waals surface area contributed by atoms with Crippen LogP contribution >= 0.6 is 0 Å². The third-order valence-electron chi connectivity index (χ3n) is 2.82. The molecule has 0 aromatic heterocycles. The van der Waals surface area contributed by atoms with Crippen LogP contribution in [0.1, 0.15) is 40.5 Å². The lowest BCUT2D eigenvalue weighted by Gasteiger charge is -2.20. The maximum Gasteiger partial charge on any atom is 0.307 e. The number of esters is 1. The van der Waals surface area contributed by atoms with E-state index in [1.165, 1.54) is 0 Å². The summed E-state index contributed by atoms with van der Waals surface area (Å²) in [5, 5.41) is 0. The molecule has 0 N–H and O–H groups in total. The minimum Gasteiger partial charge on any atom is -0.460 e. The Morgan fingerprint density at radius 1 is 1.50 bits per heavy atom. The molecule has 1 fully saturated rings. The lowest BCUT2D eigenvalue weighted by atomic mass is 10.0. The maximum absolute atomic E-state index is 11.7. The molecule has 2 atom stereocenters. The molecule has 0 saturated carbocycles. The highest BCUT2D eigenvalue weighted by Crippen LogP contribution is 2.26. The molecule has 1 saturated heterocycles. The second-order valence-electron chi connectivity index (χ2n) is 5.52. The smallest absolute Gasteiger partial charge is 0.307 e. The summed E-state index contributed by atoms with van der Waals surface area (Å²) in [6, 6.07) is 0.222. The highest BCUT2D eigenvalue weighted by molar-refractivity contribution is 5.85. The summed E-state index contributed by atoms with van der Waals surface area (Å²) in [7, 11) is 1.78. The largest absolute Gasteiger partial charge is 0.460 e. The van der Waals surface area contributed by atoms with Gasteiger partial charge in [0.05, 0.1) is 12.3 Å². The number of nitrogens with zero attached hydrogens (tertiary/aromatic N) is 1. The van der Waals surface area contributed by atoms with Crippen LogP contribution in [0.25, 0.3) is 0 Å². The van der Waals surface area contributed by atoms with E-state index in [4.69, 9.17) is 4.74 Å². The monoisotopic (exact) mass is 227 g/mol. The Morgan fingerprint density at radius 3 is 2.44 bits per heavy atom. The van der Waals surface area contributed by atoms with E-state index in [9.17, 15) is 9.59 Å². The van der Waals surface area contributed by atoms with E-state index < -0.39 is 5.60 Å². The minimum atomic E-state index is -0.476. The SMILES string of the molecule is C[C@@H]1C[C@@H](CC(=O)OC(C)(C)C)C(=O)N1C. The average Bonchev–Trinajstić information content (AvgIpc) is 2.30. The van der Waals surface area contributed by atoms with Crippen LogP contribution in [0.4, 0.5) is 0 Å². The summed E-state index contributed by atoms with van der Waals surface area (Å²) in [5.74, 6) is -0.429. The van der Waals surface area contributed by atoms with Gasteiger partial charge < -0.3 is 9.64 Å². The first-order valence-electron chi connectivity index (χ1n) is 5.69. The Bertz CT molecular complexity index is 293. The number of ether oxygens (including phenoxy) is 1. The van der Waals surface area contributed by atoms with Crippen molar-refractivity contribution in [2.45, 2.75) is 52.2 Å². The Morgan fingerprint density at radius 2 is 2.06 bits per heavy atom. The topological polar surface area (TPSA) is 46.6 Å². The molecule has 92 valence electrons. The molecule has 0 bridgehead atoms. The average molecular weight is 227 g/mol. The zero-order valence-electron chi connectivity index (χ0n) is 10.7. The van der Waals surface area contributed by atoms with Crippen molar-refractivity contribution < 1.29 is 14.3 Å². The van der Waals surface area contributed by atoms with Gasteiger partial charge in [0.15, 0.2) is 0 Å². The van der Waals surface area contributed by atoms with Gasteiger partial charge in [0.1, 0.15) is 5.60 Å². The van der Waals surface area contributed by atoms with E-state index in [0.29, 0.717) is 0 Å². The van der Waals surface area contributed by atoms with Crippen molar-refractivity contribution in [1.82, 2.24) is 4.90 Å². The van der Waals surface area contributed by atoms with Crippen LogP contribution in [0.3, 0.4) is 0 Å². The molecular formula is C12H21NO3. The van der Waals surface area contributed by atoms with Crippen molar-refractivity contribution in [3.63, 3.8) is 0 Å². The molecule has 1 aliphatic heterocycles. The van der Waals surface area contributed by atoms with Gasteiger partial charge in [0.25, 0.3) is 0 Å². The van der Waals surface area contributed by atoms with Crippen molar-refractivity contribution in [3.05, 3.63) is 0 Å². The molecule has 1 rings (SSSR count). The van der Waals surface area contributed by atoms with Crippen LogP contribution in [0.5, 0.6) is 0 Å². The van der Waals surface area contributed by atoms with Gasteiger partial charge in [-0.15, -0.1) is 0 Å². The quantitative estimate of drug-likeness (QED) is 0.673. The van der Waals surface area contributed by atoms with Crippen LogP contribution in [0, 0.1) is 5.92 Å². The number of rotatable bonds is 2. The standard InChI is InChI=1S/C12H21NO3/c1-8-6-9(11(15)13(8)5)7-10(14)16-12(2,3)4/h8-9H,6-7H2,1-5H3/t8-,9+/m1/s1. The van der Waals surface area contributed by atoms with Gasteiger partial charge in [0.2, 0.25) is 5.91 Å². The van der Waals surface area contributed by atoms with E-state index in [1.807, 2.05) is 27.7 Å². The van der Waals surface area contributed by atoms with Gasteiger partial charge in [-0.05, 0) is 34.1 Å². The summed E-state index contributed by atoms with van der Waals surface area (Å²) in [5.41, 5.74) is -0.476. The Hall–Kier alpha value is -1.06. The van der Waals surface area contributed by atoms with Crippen molar-refractivity contribution in [2.24, 2.45) is 5.92 Å². The predicted octanol–water partition coefficient (Wildman–Crippen LogP) is 1.58. The third-order valence-corrected chi connectivity index (χ3v) is 2.82. The first-order chi connectivity index (χ1) is 7.20. The molecule has 4 heteroatoms. The van der Waals surface area contributed by atoms with Crippen LogP contribution in [0.2, 0.25) is 0 Å². The summed E-state index contributed by atoms with van der Waals surface area (Å²) in [6.07, 6.45) is 0.944. The fraction of sp³-hybridized carbons (Fsp3) is 0.833. The lowest BCUT2D eigenvalue weighted by Crippen LogP contribution is -2.29. The predicted molar refractivity (Wildman–Crippen MR) is 60.8 cm³/mol. The van der Waals surface area contributed by atoms with Crippen molar-refractivity contribution in [1.29, 1.82) is 0 Å². The molecule has 0 unspecified atom stereocenters. The van der Waals surface area contributed by atoms with Crippen LogP contribution < -0.4 is 0 Å². The van der Waals surface area contributed by atoms with E-state index in [1.54, 1.807) is 11.9 Å². The van der Waals surface area contributed by atoms with Gasteiger partial charge in [-0.1, -0.05) is 0 Å². The molecule has 0 aromatic rings. The second kappa shape index (κ2) is 4.44. The summed E-state index contributed by atoms with van der Waals surface area (Å²) in [6.45, 7) is 7.48. The first kappa shape index (κ1) is 13.0. The summed E-state index contributed by atoms with van der Waals surface area (Å²) < 4.78 is 5.21. The summed E-state index contributed by atoms with van der Waals surface area (Å²) in [4.78, 5) is 25.0. The van der Waals surface area contributed by atoms with Crippen molar-refractivity contribution >= 4 is 11.9 Å². The number of hydrogen-bond acceptors (Lipinski definition) is 3. The normalized spacial score (nSPS) is 26.1. The number of amides is 1. The third kappa shape index (κ3) is 3.22. The van der Waals surface area contributed by atoms with E-state index in [0.717, 1.165) is 6.42 Å². The second-order valence-corrected chi connectivity index (χ2v) is 5.52. The lowest BCUT2D eigenvalue weighted by molar-refractivity contribution is -0.157. The zero-order valence-corrected chi connectivity index (χ0v) is 10.7. The van der Waals surface area contributed by atoms with Crippen molar-refractivity contribution in [2.75, 3.05) is 7.05 Å². The number of carbonyl (C=O) groups excluding carboxylic acids is 2. The molecule has 16 heavy (non-hydrogen) atoms. The van der Waals surface area contributed by atoms with E-state index >= 15 is 0 Å².